The smallest absolute Gasteiger partial charge is 0.195 e. The van der Waals surface area contributed by atoms with Gasteiger partial charge in [0.25, 0.3) is 0 Å². The van der Waals surface area contributed by atoms with Crippen molar-refractivity contribution >= 4 is 28.9 Å². The Morgan fingerprint density at radius 2 is 2.33 bits per heavy atom. The van der Waals surface area contributed by atoms with Crippen molar-refractivity contribution < 1.29 is 0 Å². The van der Waals surface area contributed by atoms with Crippen molar-refractivity contribution in [3.63, 3.8) is 0 Å². The van der Waals surface area contributed by atoms with Crippen molar-refractivity contribution in [2.75, 3.05) is 24.1 Å². The molecular weight excluding hydrogens is 212 g/mol. The van der Waals surface area contributed by atoms with Crippen LogP contribution in [0.25, 0.3) is 0 Å². The van der Waals surface area contributed by atoms with Gasteiger partial charge in [-0.2, -0.15) is 0 Å². The zero-order valence-corrected chi connectivity index (χ0v) is 9.23. The van der Waals surface area contributed by atoms with Gasteiger partial charge in [0, 0.05) is 12.2 Å². The average molecular weight is 225 g/mol. The average Bonchev–Trinajstić information content (AvgIpc) is 2.63. The molecule has 0 bridgehead atoms. The lowest BCUT2D eigenvalue weighted by molar-refractivity contribution is 0.959. The maximum Gasteiger partial charge on any atom is 0.195 e. The van der Waals surface area contributed by atoms with Crippen molar-refractivity contribution in [1.82, 2.24) is 5.32 Å². The van der Waals surface area contributed by atoms with Gasteiger partial charge in [0.2, 0.25) is 0 Å². The molecule has 1 aromatic carbocycles. The lowest BCUT2D eigenvalue weighted by atomic mass is 10.2. The molecule has 0 aliphatic carbocycles. The summed E-state index contributed by atoms with van der Waals surface area (Å²) in [6, 6.07) is 3.61. The SMILES string of the molecule is Cc1cc(N)cc(Cl)c1NC1=NCCN1. The van der Waals surface area contributed by atoms with Crippen LogP contribution in [-0.2, 0) is 0 Å². The molecular formula is C10H13ClN4. The molecule has 1 aliphatic heterocycles. The van der Waals surface area contributed by atoms with Crippen LogP contribution in [0.3, 0.4) is 0 Å². The molecule has 0 saturated heterocycles. The van der Waals surface area contributed by atoms with Crippen LogP contribution >= 0.6 is 11.6 Å². The van der Waals surface area contributed by atoms with Crippen LogP contribution in [0, 0.1) is 6.92 Å². The van der Waals surface area contributed by atoms with E-state index in [1.165, 1.54) is 0 Å². The molecule has 0 atom stereocenters. The lowest BCUT2D eigenvalue weighted by Gasteiger charge is -2.12. The molecule has 1 aliphatic rings. The number of hydrogen-bond acceptors (Lipinski definition) is 4. The molecule has 0 saturated carbocycles. The number of hydrogen-bond donors (Lipinski definition) is 3. The highest BCUT2D eigenvalue weighted by Gasteiger charge is 2.10. The Hall–Kier alpha value is -1.42. The van der Waals surface area contributed by atoms with Gasteiger partial charge in [-0.15, -0.1) is 0 Å². The highest BCUT2D eigenvalue weighted by molar-refractivity contribution is 6.34. The summed E-state index contributed by atoms with van der Waals surface area (Å²) >= 11 is 6.09. The monoisotopic (exact) mass is 224 g/mol. The van der Waals surface area contributed by atoms with E-state index in [4.69, 9.17) is 17.3 Å². The first-order valence-electron chi connectivity index (χ1n) is 4.78. The van der Waals surface area contributed by atoms with Gasteiger partial charge in [0.05, 0.1) is 17.3 Å². The summed E-state index contributed by atoms with van der Waals surface area (Å²) in [4.78, 5) is 4.24. The van der Waals surface area contributed by atoms with Crippen LogP contribution < -0.4 is 16.4 Å². The molecule has 0 fully saturated rings. The van der Waals surface area contributed by atoms with Gasteiger partial charge in [-0.3, -0.25) is 4.99 Å². The molecule has 0 amide bonds. The Morgan fingerprint density at radius 3 is 2.93 bits per heavy atom. The Balaban J connectivity index is 2.27. The fourth-order valence-corrected chi connectivity index (χ4v) is 1.85. The quantitative estimate of drug-likeness (QED) is 0.635. The summed E-state index contributed by atoms with van der Waals surface area (Å²) in [7, 11) is 0. The third kappa shape index (κ3) is 2.15. The number of aliphatic imine (C=N–C) groups is 1. The number of aryl methyl sites for hydroxylation is 1. The molecule has 4 nitrogen and oxygen atoms in total. The van der Waals surface area contributed by atoms with E-state index >= 15 is 0 Å². The molecule has 5 heteroatoms. The van der Waals surface area contributed by atoms with Gasteiger partial charge in [0.15, 0.2) is 5.96 Å². The highest BCUT2D eigenvalue weighted by atomic mass is 35.5. The number of nitrogens with two attached hydrogens (primary N) is 1. The van der Waals surface area contributed by atoms with E-state index in [1.54, 1.807) is 6.07 Å². The maximum atomic E-state index is 6.09. The van der Waals surface area contributed by atoms with E-state index < -0.39 is 0 Å². The van der Waals surface area contributed by atoms with Gasteiger partial charge < -0.3 is 16.4 Å². The normalized spacial score (nSPS) is 14.7. The molecule has 0 unspecified atom stereocenters. The standard InChI is InChI=1S/C10H13ClN4/c1-6-4-7(12)5-8(11)9(6)15-10-13-2-3-14-10/h4-5H,2-3,12H2,1H3,(H2,13,14,15). The fourth-order valence-electron chi connectivity index (χ4n) is 1.53. The second kappa shape index (κ2) is 3.98. The zero-order valence-electron chi connectivity index (χ0n) is 8.47. The lowest BCUT2D eigenvalue weighted by Crippen LogP contribution is -2.26. The third-order valence-electron chi connectivity index (χ3n) is 2.23. The number of nitrogen functional groups attached to an aromatic ring is 1. The summed E-state index contributed by atoms with van der Waals surface area (Å²) in [5, 5.41) is 6.89. The van der Waals surface area contributed by atoms with Crippen LogP contribution in [0.5, 0.6) is 0 Å². The minimum atomic E-state index is 0.615. The van der Waals surface area contributed by atoms with Gasteiger partial charge >= 0.3 is 0 Å². The van der Waals surface area contributed by atoms with Gasteiger partial charge in [-0.25, -0.2) is 0 Å². The number of rotatable bonds is 1. The first-order chi connectivity index (χ1) is 7.16. The molecule has 4 N–H and O–H groups in total. The second-order valence-electron chi connectivity index (χ2n) is 3.48. The summed E-state index contributed by atoms with van der Waals surface area (Å²) < 4.78 is 0. The Labute approximate surface area is 93.5 Å². The highest BCUT2D eigenvalue weighted by Crippen LogP contribution is 2.28. The Kier molecular flexibility index (Phi) is 2.68. The minimum Gasteiger partial charge on any atom is -0.399 e. The van der Waals surface area contributed by atoms with Crippen LogP contribution in [0.1, 0.15) is 5.56 Å². The predicted molar refractivity (Wildman–Crippen MR) is 64.5 cm³/mol. The Bertz CT molecular complexity index is 391. The van der Waals surface area contributed by atoms with E-state index in [2.05, 4.69) is 15.6 Å². The van der Waals surface area contributed by atoms with E-state index in [0.29, 0.717) is 10.7 Å². The van der Waals surface area contributed by atoms with E-state index in [0.717, 1.165) is 30.3 Å². The molecule has 0 aromatic heterocycles. The number of guanidine groups is 1. The second-order valence-corrected chi connectivity index (χ2v) is 3.88. The first kappa shape index (κ1) is 10.1. The summed E-state index contributed by atoms with van der Waals surface area (Å²) in [6.45, 7) is 3.63. The fraction of sp³-hybridized carbons (Fsp3) is 0.300. The van der Waals surface area contributed by atoms with Crippen molar-refractivity contribution in [1.29, 1.82) is 0 Å². The van der Waals surface area contributed by atoms with Crippen LogP contribution in [0.2, 0.25) is 5.02 Å². The Morgan fingerprint density at radius 1 is 1.53 bits per heavy atom. The molecule has 0 radical (unpaired) electrons. The molecule has 2 rings (SSSR count). The zero-order chi connectivity index (χ0) is 10.8. The van der Waals surface area contributed by atoms with Crippen molar-refractivity contribution in [2.45, 2.75) is 6.92 Å². The van der Waals surface area contributed by atoms with Gasteiger partial charge in [-0.1, -0.05) is 11.6 Å². The third-order valence-corrected chi connectivity index (χ3v) is 2.53. The molecule has 0 spiro atoms. The number of halogens is 1. The molecule has 15 heavy (non-hydrogen) atoms. The van der Waals surface area contributed by atoms with E-state index in [9.17, 15) is 0 Å². The minimum absolute atomic E-state index is 0.615. The number of benzene rings is 1. The maximum absolute atomic E-state index is 6.09. The topological polar surface area (TPSA) is 62.4 Å². The summed E-state index contributed by atoms with van der Waals surface area (Å²) in [5.74, 6) is 0.768. The first-order valence-corrected chi connectivity index (χ1v) is 5.15. The predicted octanol–water partition coefficient (Wildman–Crippen LogP) is 1.60. The number of nitrogens with zero attached hydrogens (tertiary/aromatic N) is 1. The van der Waals surface area contributed by atoms with Gasteiger partial charge in [0.1, 0.15) is 0 Å². The summed E-state index contributed by atoms with van der Waals surface area (Å²) in [6.07, 6.45) is 0. The van der Waals surface area contributed by atoms with Gasteiger partial charge in [-0.05, 0) is 24.6 Å². The largest absolute Gasteiger partial charge is 0.399 e. The van der Waals surface area contributed by atoms with Crippen molar-refractivity contribution in [3.05, 3.63) is 22.7 Å². The molecule has 1 aromatic rings. The molecule has 80 valence electrons. The van der Waals surface area contributed by atoms with Crippen LogP contribution in [0.15, 0.2) is 17.1 Å². The summed E-state index contributed by atoms with van der Waals surface area (Å²) in [5.41, 5.74) is 8.22. The van der Waals surface area contributed by atoms with E-state index in [-0.39, 0.29) is 0 Å². The number of anilines is 2. The van der Waals surface area contributed by atoms with Crippen LogP contribution in [0.4, 0.5) is 11.4 Å². The molecule has 1 heterocycles. The van der Waals surface area contributed by atoms with Crippen LogP contribution in [-0.4, -0.2) is 19.0 Å². The van der Waals surface area contributed by atoms with Crippen molar-refractivity contribution in [2.24, 2.45) is 4.99 Å². The number of nitrogens with one attached hydrogen (secondary N) is 2. The van der Waals surface area contributed by atoms with E-state index in [1.807, 2.05) is 13.0 Å². The van der Waals surface area contributed by atoms with Crippen molar-refractivity contribution in [3.8, 4) is 0 Å².